The van der Waals surface area contributed by atoms with Crippen LogP contribution < -0.4 is 14.2 Å². The van der Waals surface area contributed by atoms with Gasteiger partial charge in [0, 0.05) is 12.1 Å². The molecule has 0 bridgehead atoms. The number of nitro benzene ring substituents is 1. The number of nitrogens with zero attached hydrogens (tertiary/aromatic N) is 2. The van der Waals surface area contributed by atoms with E-state index in [1.165, 1.54) is 37.4 Å². The summed E-state index contributed by atoms with van der Waals surface area (Å²) >= 11 is 0.831. The van der Waals surface area contributed by atoms with Crippen molar-refractivity contribution in [2.45, 2.75) is 26.7 Å². The molecule has 1 aliphatic heterocycles. The fourth-order valence-corrected chi connectivity index (χ4v) is 4.94. The second-order valence-electron chi connectivity index (χ2n) is 9.48. The first kappa shape index (κ1) is 29.3. The van der Waals surface area contributed by atoms with Crippen LogP contribution in [0.25, 0.3) is 6.08 Å². The number of thioether (sulfide) groups is 1. The molecule has 3 aromatic carbocycles. The Bertz CT molecular complexity index is 1530. The lowest BCUT2D eigenvalue weighted by atomic mass is 10.0. The van der Waals surface area contributed by atoms with Gasteiger partial charge in [0.15, 0.2) is 11.5 Å². The molecule has 1 saturated heterocycles. The van der Waals surface area contributed by atoms with Crippen LogP contribution in [-0.2, 0) is 4.79 Å². The highest BCUT2D eigenvalue weighted by molar-refractivity contribution is 8.18. The molecule has 0 radical (unpaired) electrons. The molecule has 2 amide bonds. The van der Waals surface area contributed by atoms with Crippen LogP contribution in [0.5, 0.6) is 17.2 Å². The molecule has 4 rings (SSSR count). The minimum Gasteiger partial charge on any atom is -0.493 e. The van der Waals surface area contributed by atoms with Crippen LogP contribution in [0.3, 0.4) is 0 Å². The average molecular weight is 577 g/mol. The minimum atomic E-state index is -0.722. The summed E-state index contributed by atoms with van der Waals surface area (Å²) in [6, 6.07) is 15.7. The molecule has 0 atom stereocenters. The van der Waals surface area contributed by atoms with Gasteiger partial charge in [-0.05, 0) is 77.7 Å². The summed E-state index contributed by atoms with van der Waals surface area (Å²) in [6.07, 6.45) is 1.56. The van der Waals surface area contributed by atoms with Gasteiger partial charge in [-0.25, -0.2) is 4.79 Å². The van der Waals surface area contributed by atoms with Crippen LogP contribution in [0.4, 0.5) is 10.5 Å². The highest BCUT2D eigenvalue weighted by atomic mass is 32.2. The molecule has 41 heavy (non-hydrogen) atoms. The number of aryl methyl sites for hydroxylation is 1. The maximum Gasteiger partial charge on any atom is 0.343 e. The first-order valence-corrected chi connectivity index (χ1v) is 13.5. The van der Waals surface area contributed by atoms with Crippen molar-refractivity contribution in [3.8, 4) is 17.2 Å². The summed E-state index contributed by atoms with van der Waals surface area (Å²) in [7, 11) is 1.40. The van der Waals surface area contributed by atoms with Crippen molar-refractivity contribution in [1.82, 2.24) is 4.90 Å². The van der Waals surface area contributed by atoms with Gasteiger partial charge in [0.25, 0.3) is 16.8 Å². The van der Waals surface area contributed by atoms with Gasteiger partial charge in [0.1, 0.15) is 12.4 Å². The molecule has 0 aliphatic carbocycles. The molecule has 0 unspecified atom stereocenters. The van der Waals surface area contributed by atoms with E-state index in [0.717, 1.165) is 33.5 Å². The van der Waals surface area contributed by atoms with E-state index in [1.54, 1.807) is 18.2 Å². The number of amides is 2. The Kier molecular flexibility index (Phi) is 9.08. The topological polar surface area (TPSA) is 125 Å². The molecule has 1 heterocycles. The lowest BCUT2D eigenvalue weighted by Crippen LogP contribution is -2.32. The van der Waals surface area contributed by atoms with E-state index in [2.05, 4.69) is 13.8 Å². The fraction of sp³-hybridized carbons (Fsp3) is 0.233. The van der Waals surface area contributed by atoms with Crippen molar-refractivity contribution in [3.05, 3.63) is 97.9 Å². The summed E-state index contributed by atoms with van der Waals surface area (Å²) in [5, 5.41) is 10.4. The Labute approximate surface area is 241 Å². The molecule has 0 spiro atoms. The Morgan fingerprint density at radius 2 is 1.76 bits per heavy atom. The van der Waals surface area contributed by atoms with E-state index >= 15 is 0 Å². The molecule has 10 nitrogen and oxygen atoms in total. The second kappa shape index (κ2) is 12.7. The molecule has 3 aromatic rings. The standard InChI is InChI=1S/C30H28N2O8S/c1-18(2)23-11-5-19(3)15-25(23)39-14-13-31-28(33)27(41-30(31)35)17-20-6-12-24(26(16-20)38-4)40-29(34)21-7-9-22(10-8-21)32(36)37/h5-12,15-18H,13-14H2,1-4H3/b27-17-. The van der Waals surface area contributed by atoms with E-state index in [4.69, 9.17) is 14.2 Å². The average Bonchev–Trinajstić information content (AvgIpc) is 3.20. The number of nitro groups is 1. The number of carbonyl (C=O) groups is 3. The molecule has 1 aliphatic rings. The van der Waals surface area contributed by atoms with Crippen molar-refractivity contribution >= 4 is 40.6 Å². The van der Waals surface area contributed by atoms with Crippen LogP contribution in [-0.4, -0.2) is 47.2 Å². The highest BCUT2D eigenvalue weighted by Gasteiger charge is 2.35. The number of methoxy groups -OCH3 is 1. The van der Waals surface area contributed by atoms with Gasteiger partial charge in [-0.15, -0.1) is 0 Å². The SMILES string of the molecule is COc1cc(/C=C2\SC(=O)N(CCOc3cc(C)ccc3C(C)C)C2=O)ccc1OC(=O)c1ccc([N+](=O)[O-])cc1. The Balaban J connectivity index is 1.42. The Hall–Kier alpha value is -4.64. The number of imide groups is 1. The van der Waals surface area contributed by atoms with Crippen molar-refractivity contribution in [2.75, 3.05) is 20.3 Å². The van der Waals surface area contributed by atoms with Gasteiger partial charge >= 0.3 is 5.97 Å². The van der Waals surface area contributed by atoms with E-state index in [-0.39, 0.29) is 46.7 Å². The summed E-state index contributed by atoms with van der Waals surface area (Å²) in [4.78, 5) is 49.8. The van der Waals surface area contributed by atoms with E-state index < -0.39 is 22.0 Å². The zero-order chi connectivity index (χ0) is 29.7. The molecule has 0 saturated carbocycles. The number of non-ortho nitro benzene ring substituents is 1. The van der Waals surface area contributed by atoms with Crippen LogP contribution in [0, 0.1) is 17.0 Å². The van der Waals surface area contributed by atoms with E-state index in [0.29, 0.717) is 5.56 Å². The smallest absolute Gasteiger partial charge is 0.343 e. The number of hydrogen-bond acceptors (Lipinski definition) is 9. The number of hydrogen-bond donors (Lipinski definition) is 0. The molecular formula is C30H28N2O8S. The molecule has 212 valence electrons. The maximum atomic E-state index is 13.0. The number of esters is 1. The summed E-state index contributed by atoms with van der Waals surface area (Å²) in [5.41, 5.74) is 2.65. The number of rotatable bonds is 10. The van der Waals surface area contributed by atoms with Gasteiger partial charge in [-0.2, -0.15) is 0 Å². The molecule has 1 fully saturated rings. The van der Waals surface area contributed by atoms with Gasteiger partial charge in [0.2, 0.25) is 0 Å². The molecule has 11 heteroatoms. The van der Waals surface area contributed by atoms with Crippen LogP contribution in [0.15, 0.2) is 65.6 Å². The highest BCUT2D eigenvalue weighted by Crippen LogP contribution is 2.35. The predicted octanol–water partition coefficient (Wildman–Crippen LogP) is 6.37. The fourth-order valence-electron chi connectivity index (χ4n) is 4.07. The molecule has 0 N–H and O–H groups in total. The largest absolute Gasteiger partial charge is 0.493 e. The van der Waals surface area contributed by atoms with Crippen molar-refractivity contribution in [2.24, 2.45) is 0 Å². The normalized spacial score (nSPS) is 14.1. The zero-order valence-electron chi connectivity index (χ0n) is 22.9. The van der Waals surface area contributed by atoms with E-state index in [9.17, 15) is 24.5 Å². The second-order valence-corrected chi connectivity index (χ2v) is 10.5. The molecule has 0 aromatic heterocycles. The minimum absolute atomic E-state index is 0.105. The number of ether oxygens (including phenoxy) is 3. The number of benzene rings is 3. The van der Waals surface area contributed by atoms with E-state index in [1.807, 2.05) is 25.1 Å². The van der Waals surface area contributed by atoms with Crippen LogP contribution in [0.1, 0.15) is 46.8 Å². The van der Waals surface area contributed by atoms with Gasteiger partial charge in [-0.3, -0.25) is 24.6 Å². The Morgan fingerprint density at radius 3 is 2.41 bits per heavy atom. The summed E-state index contributed by atoms with van der Waals surface area (Å²) in [5.74, 6) is 0.199. The monoisotopic (exact) mass is 576 g/mol. The summed E-state index contributed by atoms with van der Waals surface area (Å²) < 4.78 is 16.7. The van der Waals surface area contributed by atoms with Gasteiger partial charge < -0.3 is 14.2 Å². The summed E-state index contributed by atoms with van der Waals surface area (Å²) in [6.45, 7) is 6.39. The van der Waals surface area contributed by atoms with Crippen LogP contribution in [0.2, 0.25) is 0 Å². The first-order chi connectivity index (χ1) is 19.6. The van der Waals surface area contributed by atoms with Gasteiger partial charge in [0.05, 0.1) is 29.0 Å². The lowest BCUT2D eigenvalue weighted by Gasteiger charge is -2.17. The zero-order valence-corrected chi connectivity index (χ0v) is 23.7. The quantitative estimate of drug-likeness (QED) is 0.0890. The third-order valence-electron chi connectivity index (χ3n) is 6.24. The number of carbonyl (C=O) groups excluding carboxylic acids is 3. The molecular weight excluding hydrogens is 548 g/mol. The van der Waals surface area contributed by atoms with Crippen molar-refractivity contribution in [1.29, 1.82) is 0 Å². The maximum absolute atomic E-state index is 13.0. The Morgan fingerprint density at radius 1 is 1.02 bits per heavy atom. The first-order valence-electron chi connectivity index (χ1n) is 12.7. The predicted molar refractivity (Wildman–Crippen MR) is 154 cm³/mol. The van der Waals surface area contributed by atoms with Crippen molar-refractivity contribution in [3.63, 3.8) is 0 Å². The third-order valence-corrected chi connectivity index (χ3v) is 7.15. The van der Waals surface area contributed by atoms with Crippen molar-refractivity contribution < 1.29 is 33.5 Å². The van der Waals surface area contributed by atoms with Crippen LogP contribution >= 0.6 is 11.8 Å². The van der Waals surface area contributed by atoms with Gasteiger partial charge in [-0.1, -0.05) is 32.0 Å². The third kappa shape index (κ3) is 6.93. The lowest BCUT2D eigenvalue weighted by molar-refractivity contribution is -0.384.